The Balaban J connectivity index is 1.92. The summed E-state index contributed by atoms with van der Waals surface area (Å²) in [6.45, 7) is 1.92. The zero-order valence-electron chi connectivity index (χ0n) is 10.7. The molecule has 6 nitrogen and oxygen atoms in total. The van der Waals surface area contributed by atoms with Gasteiger partial charge in [0, 0.05) is 17.8 Å². The predicted octanol–water partition coefficient (Wildman–Crippen LogP) is 3.24. The van der Waals surface area contributed by atoms with E-state index in [1.54, 1.807) is 24.5 Å². The van der Waals surface area contributed by atoms with Crippen LogP contribution in [0.2, 0.25) is 0 Å². The lowest BCUT2D eigenvalue weighted by Gasteiger charge is -2.15. The summed E-state index contributed by atoms with van der Waals surface area (Å²) in [6, 6.07) is 9.63. The maximum Gasteiger partial charge on any atom is 0.269 e. The molecule has 0 aliphatic rings. The molecule has 0 fully saturated rings. The first-order chi connectivity index (χ1) is 9.56. The van der Waals surface area contributed by atoms with Crippen molar-refractivity contribution in [3.63, 3.8) is 0 Å². The molecular formula is C13H13N3O3S. The number of rotatable bonds is 4. The Kier molecular flexibility index (Phi) is 4.31. The van der Waals surface area contributed by atoms with E-state index in [0.717, 1.165) is 5.76 Å². The standard InChI is InChI=1S/C13H13N3O3S/c1-9(12-3-2-8-19-12)14-13(20)15-10-4-6-11(7-5-10)16(17)18/h2-9H,1H3,(H2,14,15,20)/t9-/m0/s1. The van der Waals surface area contributed by atoms with Gasteiger partial charge in [-0.15, -0.1) is 0 Å². The topological polar surface area (TPSA) is 80.3 Å². The lowest BCUT2D eigenvalue weighted by molar-refractivity contribution is -0.384. The molecule has 0 aliphatic carbocycles. The summed E-state index contributed by atoms with van der Waals surface area (Å²) in [6.07, 6.45) is 1.60. The molecule has 0 aliphatic heterocycles. The molecule has 2 rings (SSSR count). The van der Waals surface area contributed by atoms with E-state index in [0.29, 0.717) is 10.8 Å². The molecule has 0 saturated heterocycles. The van der Waals surface area contributed by atoms with Gasteiger partial charge >= 0.3 is 0 Å². The first-order valence-electron chi connectivity index (χ1n) is 5.91. The fourth-order valence-corrected chi connectivity index (χ4v) is 1.93. The van der Waals surface area contributed by atoms with Crippen LogP contribution in [0.5, 0.6) is 0 Å². The summed E-state index contributed by atoms with van der Waals surface area (Å²) in [5.74, 6) is 0.776. The van der Waals surface area contributed by atoms with Crippen LogP contribution in [0.1, 0.15) is 18.7 Å². The monoisotopic (exact) mass is 291 g/mol. The molecule has 0 radical (unpaired) electrons. The first-order valence-corrected chi connectivity index (χ1v) is 6.32. The molecule has 0 saturated carbocycles. The van der Waals surface area contributed by atoms with Crippen LogP contribution in [0.4, 0.5) is 11.4 Å². The van der Waals surface area contributed by atoms with Gasteiger partial charge in [0.1, 0.15) is 5.76 Å². The highest BCUT2D eigenvalue weighted by atomic mass is 32.1. The van der Waals surface area contributed by atoms with Crippen LogP contribution in [0.15, 0.2) is 47.1 Å². The second-order valence-corrected chi connectivity index (χ2v) is 4.55. The minimum absolute atomic E-state index is 0.0402. The van der Waals surface area contributed by atoms with Gasteiger partial charge < -0.3 is 15.1 Å². The quantitative estimate of drug-likeness (QED) is 0.511. The van der Waals surface area contributed by atoms with Crippen LogP contribution < -0.4 is 10.6 Å². The van der Waals surface area contributed by atoms with Crippen LogP contribution in [0.3, 0.4) is 0 Å². The Morgan fingerprint density at radius 2 is 2.05 bits per heavy atom. The van der Waals surface area contributed by atoms with E-state index in [4.69, 9.17) is 16.6 Å². The summed E-state index contributed by atoms with van der Waals surface area (Å²) in [5, 5.41) is 17.0. The molecule has 7 heteroatoms. The van der Waals surface area contributed by atoms with Gasteiger partial charge in [-0.3, -0.25) is 10.1 Å². The molecule has 104 valence electrons. The fourth-order valence-electron chi connectivity index (χ4n) is 1.64. The zero-order chi connectivity index (χ0) is 14.5. The molecule has 2 aromatic rings. The van der Waals surface area contributed by atoms with E-state index >= 15 is 0 Å². The van der Waals surface area contributed by atoms with Crippen LogP contribution in [-0.4, -0.2) is 10.0 Å². The number of nitro groups is 1. The van der Waals surface area contributed by atoms with Gasteiger partial charge in [-0.2, -0.15) is 0 Å². The van der Waals surface area contributed by atoms with Gasteiger partial charge in [-0.1, -0.05) is 0 Å². The summed E-state index contributed by atoms with van der Waals surface area (Å²) in [7, 11) is 0. The van der Waals surface area contributed by atoms with Crippen LogP contribution >= 0.6 is 12.2 Å². The van der Waals surface area contributed by atoms with Gasteiger partial charge in [0.2, 0.25) is 0 Å². The molecule has 1 atom stereocenters. The highest BCUT2D eigenvalue weighted by Crippen LogP contribution is 2.16. The number of benzene rings is 1. The van der Waals surface area contributed by atoms with Gasteiger partial charge in [0.25, 0.3) is 5.69 Å². The Labute approximate surface area is 120 Å². The Hall–Kier alpha value is -2.41. The number of nitrogens with zero attached hydrogens (tertiary/aromatic N) is 1. The minimum Gasteiger partial charge on any atom is -0.467 e. The summed E-state index contributed by atoms with van der Waals surface area (Å²) >= 11 is 5.17. The van der Waals surface area contributed by atoms with E-state index in [1.165, 1.54) is 12.1 Å². The second-order valence-electron chi connectivity index (χ2n) is 4.14. The smallest absolute Gasteiger partial charge is 0.269 e. The molecular weight excluding hydrogens is 278 g/mol. The summed E-state index contributed by atoms with van der Waals surface area (Å²) in [4.78, 5) is 10.1. The van der Waals surface area contributed by atoms with Crippen molar-refractivity contribution in [2.24, 2.45) is 0 Å². The molecule has 1 heterocycles. The second kappa shape index (κ2) is 6.16. The fraction of sp³-hybridized carbons (Fsp3) is 0.154. The van der Waals surface area contributed by atoms with Gasteiger partial charge in [0.15, 0.2) is 5.11 Å². The van der Waals surface area contributed by atoms with Crippen molar-refractivity contribution in [3.8, 4) is 0 Å². The minimum atomic E-state index is -0.445. The number of furan rings is 1. The molecule has 1 aromatic carbocycles. The third kappa shape index (κ3) is 3.55. The summed E-state index contributed by atoms with van der Waals surface area (Å²) in [5.41, 5.74) is 0.720. The van der Waals surface area contributed by atoms with E-state index < -0.39 is 4.92 Å². The molecule has 1 aromatic heterocycles. The third-order valence-corrected chi connectivity index (χ3v) is 2.87. The normalized spacial score (nSPS) is 11.7. The highest BCUT2D eigenvalue weighted by Gasteiger charge is 2.10. The van der Waals surface area contributed by atoms with E-state index in [2.05, 4.69) is 10.6 Å². The lowest BCUT2D eigenvalue weighted by Crippen LogP contribution is -2.30. The number of thiocarbonyl (C=S) groups is 1. The molecule has 0 unspecified atom stereocenters. The van der Waals surface area contributed by atoms with Crippen LogP contribution in [0, 0.1) is 10.1 Å². The zero-order valence-corrected chi connectivity index (χ0v) is 11.5. The first kappa shape index (κ1) is 14.0. The van der Waals surface area contributed by atoms with Crippen molar-refractivity contribution in [2.75, 3.05) is 5.32 Å². The maximum atomic E-state index is 10.5. The van der Waals surface area contributed by atoms with E-state index in [1.807, 2.05) is 13.0 Å². The Morgan fingerprint density at radius 1 is 1.35 bits per heavy atom. The van der Waals surface area contributed by atoms with Crippen molar-refractivity contribution in [1.29, 1.82) is 0 Å². The van der Waals surface area contributed by atoms with Crippen LogP contribution in [0.25, 0.3) is 0 Å². The maximum absolute atomic E-state index is 10.5. The van der Waals surface area contributed by atoms with Gasteiger partial charge in [0.05, 0.1) is 17.2 Å². The van der Waals surface area contributed by atoms with Crippen molar-refractivity contribution in [1.82, 2.24) is 5.32 Å². The lowest BCUT2D eigenvalue weighted by atomic mass is 10.2. The third-order valence-electron chi connectivity index (χ3n) is 2.65. The molecule has 20 heavy (non-hydrogen) atoms. The number of nitro benzene ring substituents is 1. The predicted molar refractivity (Wildman–Crippen MR) is 79.6 cm³/mol. The number of hydrogen-bond acceptors (Lipinski definition) is 4. The van der Waals surface area contributed by atoms with Crippen molar-refractivity contribution >= 4 is 28.7 Å². The van der Waals surface area contributed by atoms with E-state index in [-0.39, 0.29) is 11.7 Å². The van der Waals surface area contributed by atoms with Crippen LogP contribution in [-0.2, 0) is 0 Å². The van der Waals surface area contributed by atoms with Crippen molar-refractivity contribution in [2.45, 2.75) is 13.0 Å². The van der Waals surface area contributed by atoms with Crippen molar-refractivity contribution in [3.05, 3.63) is 58.5 Å². The largest absolute Gasteiger partial charge is 0.467 e. The molecule has 0 amide bonds. The Bertz CT molecular complexity index is 596. The van der Waals surface area contributed by atoms with Gasteiger partial charge in [-0.25, -0.2) is 0 Å². The number of anilines is 1. The van der Waals surface area contributed by atoms with Gasteiger partial charge in [-0.05, 0) is 43.4 Å². The number of nitrogens with one attached hydrogen (secondary N) is 2. The number of non-ortho nitro benzene ring substituents is 1. The molecule has 0 bridgehead atoms. The summed E-state index contributed by atoms with van der Waals surface area (Å²) < 4.78 is 5.26. The Morgan fingerprint density at radius 3 is 2.60 bits per heavy atom. The molecule has 2 N–H and O–H groups in total. The van der Waals surface area contributed by atoms with E-state index in [9.17, 15) is 10.1 Å². The average molecular weight is 291 g/mol. The SMILES string of the molecule is C[C@H](NC(=S)Nc1ccc([N+](=O)[O-])cc1)c1ccco1. The average Bonchev–Trinajstić information content (AvgIpc) is 2.93. The number of hydrogen-bond donors (Lipinski definition) is 2. The van der Waals surface area contributed by atoms with Crippen molar-refractivity contribution < 1.29 is 9.34 Å². The molecule has 0 spiro atoms. The highest BCUT2D eigenvalue weighted by molar-refractivity contribution is 7.80.